The Morgan fingerprint density at radius 1 is 1.50 bits per heavy atom. The molecule has 0 saturated carbocycles. The Hall–Kier alpha value is -0.570. The van der Waals surface area contributed by atoms with Crippen LogP contribution >= 0.6 is 0 Å². The molecule has 0 amide bonds. The van der Waals surface area contributed by atoms with Gasteiger partial charge in [-0.15, -0.1) is 0 Å². The van der Waals surface area contributed by atoms with Crippen molar-refractivity contribution >= 4 is 5.97 Å². The zero-order chi connectivity index (χ0) is 6.72. The number of fused-ring (bicyclic) bond motifs is 1. The van der Waals surface area contributed by atoms with Crippen LogP contribution in [0, 0.1) is 5.92 Å². The number of carbonyl (C=O) groups excluding carboxylic acids is 1. The third kappa shape index (κ3) is 0.408. The molecule has 0 aliphatic carbocycles. The molecule has 4 atom stereocenters. The van der Waals surface area contributed by atoms with Crippen LogP contribution < -0.4 is 5.32 Å². The van der Waals surface area contributed by atoms with Crippen molar-refractivity contribution in [1.29, 1.82) is 0 Å². The van der Waals surface area contributed by atoms with Crippen molar-refractivity contribution in [2.24, 2.45) is 5.92 Å². The first-order valence-electron chi connectivity index (χ1n) is 3.81. The van der Waals surface area contributed by atoms with Crippen LogP contribution in [0.1, 0.15) is 12.8 Å². The Morgan fingerprint density at radius 2 is 2.40 bits per heavy atom. The molecular formula is C7H9NO2. The number of carbonyl (C=O) groups is 1. The highest BCUT2D eigenvalue weighted by molar-refractivity contribution is 5.77. The molecule has 0 aromatic heterocycles. The van der Waals surface area contributed by atoms with Crippen LogP contribution in [-0.2, 0) is 9.53 Å². The number of esters is 1. The van der Waals surface area contributed by atoms with Gasteiger partial charge < -0.3 is 10.1 Å². The Bertz CT molecular complexity index is 202. The molecule has 2 bridgehead atoms. The van der Waals surface area contributed by atoms with E-state index >= 15 is 0 Å². The van der Waals surface area contributed by atoms with E-state index in [-0.39, 0.29) is 18.0 Å². The van der Waals surface area contributed by atoms with Crippen LogP contribution in [0.15, 0.2) is 0 Å². The number of nitrogens with one attached hydrogen (secondary N) is 1. The van der Waals surface area contributed by atoms with Crippen molar-refractivity contribution in [3.8, 4) is 0 Å². The maximum absolute atomic E-state index is 11.0. The number of hydrogen-bond donors (Lipinski definition) is 1. The first-order valence-corrected chi connectivity index (χ1v) is 3.81. The third-order valence-electron chi connectivity index (χ3n) is 2.89. The molecule has 54 valence electrons. The predicted octanol–water partition coefficient (Wildman–Crippen LogP) is -0.338. The molecule has 4 unspecified atom stereocenters. The Balaban J connectivity index is 2.05. The first kappa shape index (κ1) is 5.13. The van der Waals surface area contributed by atoms with E-state index in [1.165, 1.54) is 0 Å². The third-order valence-corrected chi connectivity index (χ3v) is 2.89. The van der Waals surface area contributed by atoms with E-state index in [1.807, 2.05) is 0 Å². The molecular weight excluding hydrogens is 130 g/mol. The lowest BCUT2D eigenvalue weighted by molar-refractivity contribution is -0.143. The van der Waals surface area contributed by atoms with Gasteiger partial charge in [0.2, 0.25) is 0 Å². The quantitative estimate of drug-likeness (QED) is 0.467. The first-order chi connectivity index (χ1) is 4.84. The molecule has 3 heteroatoms. The van der Waals surface area contributed by atoms with Crippen LogP contribution in [0.4, 0.5) is 0 Å². The minimum atomic E-state index is 0.0301. The van der Waals surface area contributed by atoms with E-state index in [2.05, 4.69) is 5.32 Å². The smallest absolute Gasteiger partial charge is 0.311 e. The van der Waals surface area contributed by atoms with Gasteiger partial charge in [-0.2, -0.15) is 0 Å². The van der Waals surface area contributed by atoms with E-state index < -0.39 is 0 Å². The normalized spacial score (nSPS) is 55.8. The number of rotatable bonds is 0. The van der Waals surface area contributed by atoms with Crippen LogP contribution in [0.2, 0.25) is 0 Å². The predicted molar refractivity (Wildman–Crippen MR) is 33.3 cm³/mol. The van der Waals surface area contributed by atoms with Gasteiger partial charge in [-0.1, -0.05) is 0 Å². The zero-order valence-corrected chi connectivity index (χ0v) is 5.54. The number of ether oxygens (including phenoxy) is 1. The van der Waals surface area contributed by atoms with Crippen molar-refractivity contribution in [2.75, 3.05) is 0 Å². The van der Waals surface area contributed by atoms with Crippen LogP contribution in [0.5, 0.6) is 0 Å². The van der Waals surface area contributed by atoms with Crippen molar-refractivity contribution < 1.29 is 9.53 Å². The summed E-state index contributed by atoms with van der Waals surface area (Å²) >= 11 is 0. The maximum atomic E-state index is 11.0. The summed E-state index contributed by atoms with van der Waals surface area (Å²) in [5.74, 6) is 0.228. The highest BCUT2D eigenvalue weighted by Gasteiger charge is 2.56. The summed E-state index contributed by atoms with van der Waals surface area (Å²) in [6.45, 7) is 0. The van der Waals surface area contributed by atoms with E-state index in [0.717, 1.165) is 12.8 Å². The fraction of sp³-hybridized carbons (Fsp3) is 0.857. The molecule has 3 heterocycles. The Labute approximate surface area is 58.7 Å². The summed E-state index contributed by atoms with van der Waals surface area (Å²) in [5, 5.41) is 3.37. The van der Waals surface area contributed by atoms with Gasteiger partial charge in [0, 0.05) is 12.5 Å². The highest BCUT2D eigenvalue weighted by atomic mass is 16.6. The molecule has 0 spiro atoms. The van der Waals surface area contributed by atoms with Gasteiger partial charge in [-0.25, -0.2) is 0 Å². The largest absolute Gasteiger partial charge is 0.460 e. The maximum Gasteiger partial charge on any atom is 0.311 e. The van der Waals surface area contributed by atoms with Crippen molar-refractivity contribution in [1.82, 2.24) is 5.32 Å². The monoisotopic (exact) mass is 139 g/mol. The molecule has 0 aromatic rings. The molecule has 3 aliphatic rings. The standard InChI is InChI=1S/C7H9NO2/c9-7-4-1-3-2-5(10-7)6(4)8-3/h3-6,8H,1-2H2. The fourth-order valence-corrected chi connectivity index (χ4v) is 2.47. The molecule has 3 rings (SSSR count). The molecule has 0 aromatic carbocycles. The van der Waals surface area contributed by atoms with Crippen molar-refractivity contribution in [2.45, 2.75) is 31.0 Å². The zero-order valence-electron chi connectivity index (χ0n) is 5.54. The van der Waals surface area contributed by atoms with E-state index in [4.69, 9.17) is 4.74 Å². The lowest BCUT2D eigenvalue weighted by Gasteiger charge is -2.09. The second-order valence-corrected chi connectivity index (χ2v) is 3.44. The van der Waals surface area contributed by atoms with Crippen molar-refractivity contribution in [3.63, 3.8) is 0 Å². The molecule has 1 N–H and O–H groups in total. The van der Waals surface area contributed by atoms with Gasteiger partial charge in [-0.3, -0.25) is 4.79 Å². The summed E-state index contributed by atoms with van der Waals surface area (Å²) in [6.07, 6.45) is 2.28. The lowest BCUT2D eigenvalue weighted by atomic mass is 9.90. The van der Waals surface area contributed by atoms with Gasteiger partial charge in [-0.05, 0) is 6.42 Å². The van der Waals surface area contributed by atoms with Gasteiger partial charge in [0.1, 0.15) is 6.10 Å². The molecule has 3 fully saturated rings. The molecule has 0 radical (unpaired) electrons. The summed E-state index contributed by atoms with van der Waals surface area (Å²) in [7, 11) is 0. The van der Waals surface area contributed by atoms with Crippen LogP contribution in [0.3, 0.4) is 0 Å². The topological polar surface area (TPSA) is 38.3 Å². The fourth-order valence-electron chi connectivity index (χ4n) is 2.47. The SMILES string of the molecule is O=C1OC2CC3CC1C2N3. The second kappa shape index (κ2) is 1.37. The molecule has 10 heavy (non-hydrogen) atoms. The summed E-state index contributed by atoms with van der Waals surface area (Å²) in [5.41, 5.74) is 0. The average molecular weight is 139 g/mol. The summed E-state index contributed by atoms with van der Waals surface area (Å²) < 4.78 is 5.14. The van der Waals surface area contributed by atoms with Gasteiger partial charge in [0.25, 0.3) is 0 Å². The van der Waals surface area contributed by atoms with Crippen molar-refractivity contribution in [3.05, 3.63) is 0 Å². The average Bonchev–Trinajstić information content (AvgIpc) is 2.44. The second-order valence-electron chi connectivity index (χ2n) is 3.44. The van der Waals surface area contributed by atoms with Gasteiger partial charge >= 0.3 is 5.97 Å². The lowest BCUT2D eigenvalue weighted by Crippen LogP contribution is -2.27. The summed E-state index contributed by atoms with van der Waals surface area (Å²) in [4.78, 5) is 11.0. The molecule has 3 nitrogen and oxygen atoms in total. The Morgan fingerprint density at radius 3 is 3.00 bits per heavy atom. The van der Waals surface area contributed by atoms with Gasteiger partial charge in [0.15, 0.2) is 0 Å². The van der Waals surface area contributed by atoms with Crippen LogP contribution in [-0.4, -0.2) is 24.2 Å². The van der Waals surface area contributed by atoms with E-state index in [0.29, 0.717) is 12.1 Å². The minimum absolute atomic E-state index is 0.0301. The summed E-state index contributed by atoms with van der Waals surface area (Å²) in [6, 6.07) is 0.948. The van der Waals surface area contributed by atoms with Crippen LogP contribution in [0.25, 0.3) is 0 Å². The minimum Gasteiger partial charge on any atom is -0.460 e. The molecule has 3 saturated heterocycles. The highest BCUT2D eigenvalue weighted by Crippen LogP contribution is 2.41. The van der Waals surface area contributed by atoms with E-state index in [1.54, 1.807) is 0 Å². The van der Waals surface area contributed by atoms with Gasteiger partial charge in [0.05, 0.1) is 12.0 Å². The van der Waals surface area contributed by atoms with E-state index in [9.17, 15) is 4.79 Å². The Kier molecular flexibility index (Phi) is 0.703. The molecule has 3 aliphatic heterocycles. The number of hydrogen-bond acceptors (Lipinski definition) is 3.